The van der Waals surface area contributed by atoms with E-state index in [0.717, 1.165) is 10.7 Å². The average Bonchev–Trinajstić information content (AvgIpc) is 2.95. The summed E-state index contributed by atoms with van der Waals surface area (Å²) >= 11 is 0. The van der Waals surface area contributed by atoms with Gasteiger partial charge in [-0.15, -0.1) is 0 Å². The molecule has 170 valence electrons. The molecule has 9 nitrogen and oxygen atoms in total. The number of carbonyl (C=O) groups excluding carboxylic acids is 3. The highest BCUT2D eigenvalue weighted by molar-refractivity contribution is 7.90. The number of rotatable bonds is 7. The second-order valence-corrected chi connectivity index (χ2v) is 9.90. The molecule has 10 heteroatoms. The zero-order valence-electron chi connectivity index (χ0n) is 18.1. The van der Waals surface area contributed by atoms with Gasteiger partial charge in [-0.25, -0.2) is 12.7 Å². The van der Waals surface area contributed by atoms with Crippen LogP contribution in [0.1, 0.15) is 53.8 Å². The number of benzene rings is 1. The Hall–Kier alpha value is -2.46. The normalized spacial score (nSPS) is 18.4. The highest BCUT2D eigenvalue weighted by atomic mass is 32.2. The van der Waals surface area contributed by atoms with Crippen molar-refractivity contribution in [3.05, 3.63) is 29.3 Å². The Labute approximate surface area is 182 Å². The van der Waals surface area contributed by atoms with Gasteiger partial charge in [0.2, 0.25) is 5.91 Å². The van der Waals surface area contributed by atoms with Gasteiger partial charge in [0.05, 0.1) is 5.56 Å². The zero-order chi connectivity index (χ0) is 22.8. The summed E-state index contributed by atoms with van der Waals surface area (Å²) in [5.41, 5.74) is 0.317. The SMILES string of the molecule is COCCCNC(=O)C1CCN(C(=O)c2ccc3c(c2)S(=O)(=O)N(C(C)C)C3=O)CC1. The maximum atomic E-state index is 12.9. The minimum absolute atomic E-state index is 0.0147. The lowest BCUT2D eigenvalue weighted by atomic mass is 9.95. The van der Waals surface area contributed by atoms with Crippen LogP contribution in [0.15, 0.2) is 23.1 Å². The van der Waals surface area contributed by atoms with Crippen LogP contribution in [0.4, 0.5) is 0 Å². The number of nitrogens with zero attached hydrogens (tertiary/aromatic N) is 2. The van der Waals surface area contributed by atoms with Crippen molar-refractivity contribution in [3.8, 4) is 0 Å². The van der Waals surface area contributed by atoms with E-state index in [0.29, 0.717) is 39.1 Å². The number of piperidine rings is 1. The minimum Gasteiger partial charge on any atom is -0.385 e. The van der Waals surface area contributed by atoms with Gasteiger partial charge in [0.15, 0.2) is 0 Å². The summed E-state index contributed by atoms with van der Waals surface area (Å²) < 4.78 is 31.3. The molecule has 0 unspecified atom stereocenters. The molecule has 1 saturated heterocycles. The fraction of sp³-hybridized carbons (Fsp3) is 0.571. The molecule has 2 aliphatic rings. The summed E-state index contributed by atoms with van der Waals surface area (Å²) in [4.78, 5) is 39.2. The van der Waals surface area contributed by atoms with Crippen LogP contribution in [0.2, 0.25) is 0 Å². The lowest BCUT2D eigenvalue weighted by Gasteiger charge is -2.31. The maximum absolute atomic E-state index is 12.9. The van der Waals surface area contributed by atoms with E-state index >= 15 is 0 Å². The monoisotopic (exact) mass is 451 g/mol. The van der Waals surface area contributed by atoms with Gasteiger partial charge in [-0.1, -0.05) is 0 Å². The zero-order valence-corrected chi connectivity index (χ0v) is 18.9. The molecule has 1 N–H and O–H groups in total. The molecule has 0 atom stereocenters. The molecular weight excluding hydrogens is 422 g/mol. The van der Waals surface area contributed by atoms with Crippen LogP contribution in [0.25, 0.3) is 0 Å². The van der Waals surface area contributed by atoms with Crippen LogP contribution < -0.4 is 5.32 Å². The van der Waals surface area contributed by atoms with Crippen molar-refractivity contribution in [1.29, 1.82) is 0 Å². The summed E-state index contributed by atoms with van der Waals surface area (Å²) in [6, 6.07) is 3.68. The quantitative estimate of drug-likeness (QED) is 0.624. The Morgan fingerprint density at radius 1 is 1.23 bits per heavy atom. The smallest absolute Gasteiger partial charge is 0.269 e. The van der Waals surface area contributed by atoms with Crippen molar-refractivity contribution in [2.45, 2.75) is 44.0 Å². The van der Waals surface area contributed by atoms with Gasteiger partial charge in [-0.3, -0.25) is 14.4 Å². The number of methoxy groups -OCH3 is 1. The van der Waals surface area contributed by atoms with Gasteiger partial charge in [0.1, 0.15) is 4.90 Å². The van der Waals surface area contributed by atoms with E-state index in [1.165, 1.54) is 18.2 Å². The van der Waals surface area contributed by atoms with Crippen LogP contribution in [0, 0.1) is 5.92 Å². The fourth-order valence-corrected chi connectivity index (χ4v) is 5.78. The number of sulfonamides is 1. The van der Waals surface area contributed by atoms with Crippen molar-refractivity contribution in [1.82, 2.24) is 14.5 Å². The first kappa shape index (κ1) is 23.2. The summed E-state index contributed by atoms with van der Waals surface area (Å²) in [7, 11) is -2.35. The Bertz CT molecular complexity index is 967. The third kappa shape index (κ3) is 4.59. The summed E-state index contributed by atoms with van der Waals surface area (Å²) in [6.45, 7) is 5.23. The second kappa shape index (κ2) is 9.35. The molecule has 3 rings (SSSR count). The number of nitrogens with one attached hydrogen (secondary N) is 1. The van der Waals surface area contributed by atoms with E-state index in [1.54, 1.807) is 25.9 Å². The van der Waals surface area contributed by atoms with Gasteiger partial charge in [-0.05, 0) is 51.3 Å². The lowest BCUT2D eigenvalue weighted by molar-refractivity contribution is -0.126. The molecule has 0 radical (unpaired) electrons. The van der Waals surface area contributed by atoms with E-state index in [2.05, 4.69) is 5.32 Å². The Balaban J connectivity index is 1.65. The van der Waals surface area contributed by atoms with Crippen molar-refractivity contribution in [2.24, 2.45) is 5.92 Å². The number of carbonyl (C=O) groups is 3. The number of hydrogen-bond donors (Lipinski definition) is 1. The van der Waals surface area contributed by atoms with Crippen LogP contribution in [0.5, 0.6) is 0 Å². The van der Waals surface area contributed by atoms with Crippen molar-refractivity contribution >= 4 is 27.7 Å². The molecule has 1 aromatic carbocycles. The molecule has 3 amide bonds. The minimum atomic E-state index is -3.96. The highest BCUT2D eigenvalue weighted by Gasteiger charge is 2.43. The van der Waals surface area contributed by atoms with E-state index in [4.69, 9.17) is 4.74 Å². The van der Waals surface area contributed by atoms with Crippen LogP contribution >= 0.6 is 0 Å². The van der Waals surface area contributed by atoms with Crippen molar-refractivity contribution in [2.75, 3.05) is 33.4 Å². The first-order valence-corrected chi connectivity index (χ1v) is 11.9. The van der Waals surface area contributed by atoms with E-state index in [1.807, 2.05) is 0 Å². The average molecular weight is 452 g/mol. The van der Waals surface area contributed by atoms with Crippen LogP contribution in [-0.2, 0) is 19.6 Å². The first-order chi connectivity index (χ1) is 14.7. The number of hydrogen-bond acceptors (Lipinski definition) is 6. The fourth-order valence-electron chi connectivity index (χ4n) is 3.99. The van der Waals surface area contributed by atoms with Crippen molar-refractivity contribution in [3.63, 3.8) is 0 Å². The number of fused-ring (bicyclic) bond motifs is 1. The van der Waals surface area contributed by atoms with Gasteiger partial charge in [0, 0.05) is 50.9 Å². The van der Waals surface area contributed by atoms with Gasteiger partial charge < -0.3 is 15.0 Å². The first-order valence-electron chi connectivity index (χ1n) is 10.5. The predicted octanol–water partition coefficient (Wildman–Crippen LogP) is 1.24. The summed E-state index contributed by atoms with van der Waals surface area (Å²) in [5.74, 6) is -1.03. The molecule has 0 saturated carbocycles. The molecule has 0 aromatic heterocycles. The third-order valence-corrected chi connectivity index (χ3v) is 7.64. The Morgan fingerprint density at radius 3 is 2.52 bits per heavy atom. The van der Waals surface area contributed by atoms with E-state index in [-0.39, 0.29) is 33.8 Å². The Kier molecular flexibility index (Phi) is 7.00. The number of ether oxygens (including phenoxy) is 1. The van der Waals surface area contributed by atoms with Gasteiger partial charge in [0.25, 0.3) is 21.8 Å². The predicted molar refractivity (Wildman–Crippen MR) is 113 cm³/mol. The molecule has 2 heterocycles. The Morgan fingerprint density at radius 2 is 1.90 bits per heavy atom. The maximum Gasteiger partial charge on any atom is 0.269 e. The van der Waals surface area contributed by atoms with E-state index < -0.39 is 22.0 Å². The van der Waals surface area contributed by atoms with E-state index in [9.17, 15) is 22.8 Å². The van der Waals surface area contributed by atoms with Crippen molar-refractivity contribution < 1.29 is 27.5 Å². The molecule has 0 aliphatic carbocycles. The molecule has 2 aliphatic heterocycles. The molecule has 31 heavy (non-hydrogen) atoms. The standard InChI is InChI=1S/C21H29N3O6S/c1-14(2)24-21(27)17-6-5-16(13-18(17)31(24,28)29)20(26)23-10-7-15(8-11-23)19(25)22-9-4-12-30-3/h5-6,13-15H,4,7-12H2,1-3H3,(H,22,25). The molecule has 1 fully saturated rings. The second-order valence-electron chi connectivity index (χ2n) is 8.11. The van der Waals surface area contributed by atoms with Crippen LogP contribution in [-0.4, -0.2) is 74.7 Å². The van der Waals surface area contributed by atoms with Gasteiger partial charge in [-0.2, -0.15) is 0 Å². The summed E-state index contributed by atoms with van der Waals surface area (Å²) in [6.07, 6.45) is 1.84. The largest absolute Gasteiger partial charge is 0.385 e. The molecular formula is C21H29N3O6S. The molecule has 0 bridgehead atoms. The van der Waals surface area contributed by atoms with Gasteiger partial charge >= 0.3 is 0 Å². The lowest BCUT2D eigenvalue weighted by Crippen LogP contribution is -2.43. The third-order valence-electron chi connectivity index (χ3n) is 5.64. The summed E-state index contributed by atoms with van der Waals surface area (Å²) in [5, 5.41) is 2.89. The number of likely N-dealkylation sites (tertiary alicyclic amines) is 1. The number of amides is 3. The van der Waals surface area contributed by atoms with Crippen LogP contribution in [0.3, 0.4) is 0 Å². The molecule has 1 aromatic rings. The highest BCUT2D eigenvalue weighted by Crippen LogP contribution is 2.33. The molecule has 0 spiro atoms. The topological polar surface area (TPSA) is 113 Å².